The Morgan fingerprint density at radius 3 is 2.87 bits per heavy atom. The van der Waals surface area contributed by atoms with Gasteiger partial charge in [-0.05, 0) is 22.0 Å². The number of pyridine rings is 1. The summed E-state index contributed by atoms with van der Waals surface area (Å²) in [5.74, 6) is 0.00600. The van der Waals surface area contributed by atoms with Crippen molar-refractivity contribution in [1.29, 1.82) is 0 Å². The number of ether oxygens (including phenoxy) is 1. The highest BCUT2D eigenvalue weighted by Crippen LogP contribution is 2.34. The fourth-order valence-electron chi connectivity index (χ4n) is 1.34. The number of nitrogens with zero attached hydrogens (tertiary/aromatic N) is 1. The van der Waals surface area contributed by atoms with E-state index in [1.807, 2.05) is 0 Å². The molecule has 0 aliphatic heterocycles. The van der Waals surface area contributed by atoms with Crippen LogP contribution in [0.3, 0.4) is 0 Å². The summed E-state index contributed by atoms with van der Waals surface area (Å²) in [4.78, 5) is 4.10. The minimum absolute atomic E-state index is 0.385. The van der Waals surface area contributed by atoms with E-state index < -0.39 is 0 Å². The predicted octanol–water partition coefficient (Wildman–Crippen LogP) is 3.80. The Bertz CT molecular complexity index is 532. The molecule has 0 amide bonds. The zero-order valence-electron chi connectivity index (χ0n) is 7.72. The van der Waals surface area contributed by atoms with Gasteiger partial charge in [0.1, 0.15) is 17.1 Å². The zero-order chi connectivity index (χ0) is 11.0. The van der Waals surface area contributed by atoms with Gasteiger partial charge in [-0.15, -0.1) is 0 Å². The molecular weight excluding hydrogens is 284 g/mol. The van der Waals surface area contributed by atoms with Crippen LogP contribution in [0.2, 0.25) is 5.02 Å². The van der Waals surface area contributed by atoms with Crippen LogP contribution in [-0.4, -0.2) is 12.1 Å². The third kappa shape index (κ3) is 1.79. The molecule has 0 bridgehead atoms. The van der Waals surface area contributed by atoms with Crippen LogP contribution in [0.1, 0.15) is 0 Å². The zero-order valence-corrected chi connectivity index (χ0v) is 10.1. The van der Waals surface area contributed by atoms with Crippen LogP contribution >= 0.6 is 27.5 Å². The van der Waals surface area contributed by atoms with E-state index in [0.717, 1.165) is 0 Å². The van der Waals surface area contributed by atoms with Gasteiger partial charge in [0.05, 0.1) is 12.1 Å². The third-order valence-corrected chi connectivity index (χ3v) is 3.38. The first-order valence-electron chi connectivity index (χ1n) is 4.10. The molecule has 2 aromatic rings. The molecule has 0 unspecified atom stereocenters. The van der Waals surface area contributed by atoms with E-state index >= 15 is 0 Å². The van der Waals surface area contributed by atoms with E-state index in [1.54, 1.807) is 0 Å². The lowest BCUT2D eigenvalue weighted by molar-refractivity contribution is 0.415. The van der Waals surface area contributed by atoms with Crippen LogP contribution < -0.4 is 4.74 Å². The summed E-state index contributed by atoms with van der Waals surface area (Å²) >= 11 is 9.15. The quantitative estimate of drug-likeness (QED) is 0.797. The average Bonchev–Trinajstić information content (AvgIpc) is 2.23. The van der Waals surface area contributed by atoms with Gasteiger partial charge in [0, 0.05) is 22.1 Å². The lowest BCUT2D eigenvalue weighted by atomic mass is 10.2. The molecule has 0 aliphatic carbocycles. The first-order valence-corrected chi connectivity index (χ1v) is 5.28. The normalized spacial score (nSPS) is 10.7. The Morgan fingerprint density at radius 2 is 2.20 bits per heavy atom. The summed E-state index contributed by atoms with van der Waals surface area (Å²) < 4.78 is 18.9. The first-order chi connectivity index (χ1) is 7.13. The number of hydrogen-bond acceptors (Lipinski definition) is 2. The number of rotatable bonds is 1. The van der Waals surface area contributed by atoms with Gasteiger partial charge in [-0.1, -0.05) is 11.6 Å². The summed E-state index contributed by atoms with van der Waals surface area (Å²) in [5, 5.41) is 1.04. The Balaban J connectivity index is 2.89. The second-order valence-electron chi connectivity index (χ2n) is 2.92. The monoisotopic (exact) mass is 289 g/mol. The van der Waals surface area contributed by atoms with Gasteiger partial charge in [0.15, 0.2) is 0 Å². The van der Waals surface area contributed by atoms with Gasteiger partial charge in [0.25, 0.3) is 0 Å². The van der Waals surface area contributed by atoms with Gasteiger partial charge in [-0.2, -0.15) is 0 Å². The highest BCUT2D eigenvalue weighted by Gasteiger charge is 2.10. The average molecular weight is 291 g/mol. The fraction of sp³-hybridized carbons (Fsp3) is 0.100. The fourth-order valence-corrected chi connectivity index (χ4v) is 1.89. The number of fused-ring (bicyclic) bond motifs is 1. The van der Waals surface area contributed by atoms with Crippen molar-refractivity contribution in [3.05, 3.63) is 33.6 Å². The maximum absolute atomic E-state index is 13.2. The SMILES string of the molecule is COc1cc(F)cc2c(Br)c(Cl)cnc12. The molecule has 1 aromatic heterocycles. The molecule has 1 heterocycles. The Hall–Kier alpha value is -0.870. The summed E-state index contributed by atoms with van der Waals surface area (Å²) in [6, 6.07) is 2.65. The molecule has 5 heteroatoms. The minimum atomic E-state index is -0.385. The molecule has 1 aromatic carbocycles. The largest absolute Gasteiger partial charge is 0.494 e. The number of aromatic nitrogens is 1. The second-order valence-corrected chi connectivity index (χ2v) is 4.12. The topological polar surface area (TPSA) is 22.1 Å². The van der Waals surface area contributed by atoms with Gasteiger partial charge < -0.3 is 4.74 Å². The first kappa shape index (κ1) is 10.6. The molecule has 0 N–H and O–H groups in total. The van der Waals surface area contributed by atoms with Crippen molar-refractivity contribution < 1.29 is 9.13 Å². The van der Waals surface area contributed by atoms with Crippen molar-refractivity contribution >= 4 is 38.4 Å². The molecule has 0 aliphatic rings. The van der Waals surface area contributed by atoms with Crippen LogP contribution in [-0.2, 0) is 0 Å². The molecule has 0 saturated heterocycles. The second kappa shape index (κ2) is 3.94. The van der Waals surface area contributed by atoms with Crippen molar-refractivity contribution in [2.75, 3.05) is 7.11 Å². The molecule has 0 atom stereocenters. The number of methoxy groups -OCH3 is 1. The van der Waals surface area contributed by atoms with E-state index in [9.17, 15) is 4.39 Å². The summed E-state index contributed by atoms with van der Waals surface area (Å²) in [7, 11) is 1.47. The van der Waals surface area contributed by atoms with Crippen molar-refractivity contribution in [2.45, 2.75) is 0 Å². The smallest absolute Gasteiger partial charge is 0.148 e. The van der Waals surface area contributed by atoms with Gasteiger partial charge in [-0.25, -0.2) is 4.39 Å². The Morgan fingerprint density at radius 1 is 1.47 bits per heavy atom. The third-order valence-electron chi connectivity index (χ3n) is 2.01. The van der Waals surface area contributed by atoms with Crippen molar-refractivity contribution in [2.24, 2.45) is 0 Å². The van der Waals surface area contributed by atoms with Crippen LogP contribution in [0.25, 0.3) is 10.9 Å². The molecule has 2 nitrogen and oxygen atoms in total. The molecule has 2 rings (SSSR count). The van der Waals surface area contributed by atoms with E-state index in [-0.39, 0.29) is 5.82 Å². The van der Waals surface area contributed by atoms with E-state index in [1.165, 1.54) is 25.4 Å². The van der Waals surface area contributed by atoms with Crippen molar-refractivity contribution in [1.82, 2.24) is 4.98 Å². The lowest BCUT2D eigenvalue weighted by Crippen LogP contribution is -1.90. The summed E-state index contributed by atoms with van der Waals surface area (Å²) in [6.07, 6.45) is 1.49. The molecule has 0 fully saturated rings. The molecule has 0 saturated carbocycles. The van der Waals surface area contributed by atoms with Crippen molar-refractivity contribution in [3.8, 4) is 5.75 Å². The van der Waals surface area contributed by atoms with Crippen LogP contribution in [0.15, 0.2) is 22.8 Å². The standard InChI is InChI=1S/C10H6BrClFNO/c1-15-8-3-5(13)2-6-9(11)7(12)4-14-10(6)8/h2-4H,1H3. The highest BCUT2D eigenvalue weighted by molar-refractivity contribution is 9.10. The maximum Gasteiger partial charge on any atom is 0.148 e. The van der Waals surface area contributed by atoms with E-state index in [0.29, 0.717) is 26.1 Å². The predicted molar refractivity (Wildman–Crippen MR) is 61.0 cm³/mol. The Labute approximate surface area is 99.1 Å². The summed E-state index contributed by atoms with van der Waals surface area (Å²) in [5.41, 5.74) is 0.579. The molecule has 0 radical (unpaired) electrons. The van der Waals surface area contributed by atoms with Crippen molar-refractivity contribution in [3.63, 3.8) is 0 Å². The minimum Gasteiger partial charge on any atom is -0.494 e. The van der Waals surface area contributed by atoms with Gasteiger partial charge in [-0.3, -0.25) is 4.98 Å². The molecule has 78 valence electrons. The van der Waals surface area contributed by atoms with Gasteiger partial charge >= 0.3 is 0 Å². The van der Waals surface area contributed by atoms with Gasteiger partial charge in [0.2, 0.25) is 0 Å². The number of halogens is 3. The van der Waals surface area contributed by atoms with E-state index in [2.05, 4.69) is 20.9 Å². The van der Waals surface area contributed by atoms with Crippen LogP contribution in [0.5, 0.6) is 5.75 Å². The lowest BCUT2D eigenvalue weighted by Gasteiger charge is -2.07. The maximum atomic E-state index is 13.2. The molecule has 0 spiro atoms. The van der Waals surface area contributed by atoms with Crippen LogP contribution in [0, 0.1) is 5.82 Å². The number of benzene rings is 1. The van der Waals surface area contributed by atoms with Crippen LogP contribution in [0.4, 0.5) is 4.39 Å². The number of hydrogen-bond donors (Lipinski definition) is 0. The highest BCUT2D eigenvalue weighted by atomic mass is 79.9. The molecule has 15 heavy (non-hydrogen) atoms. The van der Waals surface area contributed by atoms with E-state index in [4.69, 9.17) is 16.3 Å². The molecular formula is C10H6BrClFNO. The Kier molecular flexibility index (Phi) is 2.80. The summed E-state index contributed by atoms with van der Waals surface area (Å²) in [6.45, 7) is 0.